The number of aromatic nitrogens is 2. The molecule has 27 heavy (non-hydrogen) atoms. The van der Waals surface area contributed by atoms with Crippen molar-refractivity contribution < 1.29 is 9.53 Å². The summed E-state index contributed by atoms with van der Waals surface area (Å²) >= 11 is 6.56. The lowest BCUT2D eigenvalue weighted by atomic mass is 10.2. The van der Waals surface area contributed by atoms with Crippen LogP contribution < -0.4 is 11.1 Å². The molecule has 6 nitrogen and oxygen atoms in total. The van der Waals surface area contributed by atoms with Crippen molar-refractivity contribution >= 4 is 38.0 Å². The molecule has 2 rings (SSSR count). The van der Waals surface area contributed by atoms with Crippen LogP contribution in [0.4, 0.5) is 4.79 Å². The Morgan fingerprint density at radius 1 is 1.04 bits per heavy atom. The van der Waals surface area contributed by atoms with E-state index < -0.39 is 11.7 Å². The molecule has 2 aromatic rings. The number of hydrogen-bond acceptors (Lipinski definition) is 5. The van der Waals surface area contributed by atoms with Crippen LogP contribution in [0.15, 0.2) is 45.6 Å². The molecule has 0 fully saturated rings. The number of nitrogens with two attached hydrogens (primary N) is 1. The predicted molar refractivity (Wildman–Crippen MR) is 118 cm³/mol. The number of hydrogen-bond donors (Lipinski definition) is 2. The molecule has 0 spiro atoms. The second-order valence-corrected chi connectivity index (χ2v) is 7.83. The number of alkyl carbamates (subject to hydrolysis) is 1. The van der Waals surface area contributed by atoms with Crippen molar-refractivity contribution in [2.24, 2.45) is 5.73 Å². The van der Waals surface area contributed by atoms with E-state index in [0.29, 0.717) is 13.1 Å². The van der Waals surface area contributed by atoms with Crippen molar-refractivity contribution in [3.8, 4) is 0 Å². The minimum Gasteiger partial charge on any atom is -0.444 e. The first-order chi connectivity index (χ1) is 11.7. The van der Waals surface area contributed by atoms with E-state index in [2.05, 4.69) is 47.1 Å². The van der Waals surface area contributed by atoms with Crippen LogP contribution in [0.25, 0.3) is 0 Å². The molecule has 0 aliphatic rings. The van der Waals surface area contributed by atoms with Gasteiger partial charge >= 0.3 is 6.09 Å². The normalized spacial score (nSPS) is 9.70. The van der Waals surface area contributed by atoms with Gasteiger partial charge in [0.15, 0.2) is 0 Å². The van der Waals surface area contributed by atoms with Crippen LogP contribution in [0.1, 0.15) is 47.0 Å². The third-order valence-corrected chi connectivity index (χ3v) is 3.54. The Morgan fingerprint density at radius 2 is 1.52 bits per heavy atom. The maximum Gasteiger partial charge on any atom is 0.407 e. The molecule has 0 unspecified atom stereocenters. The number of nitrogens with one attached hydrogen (secondary N) is 1. The standard InChI is InChI=1S/C11H15BrN2O2.C6H7BrN2.2CH4/c1-11(2,3)16-10(15)14-7-9-5-4-8(12)6-13-9;7-5-1-2-6(3-8)9-4-5;;/h4-6H,7H2,1-3H3,(H,14,15);1-2,4H,3,8H2;2*1H4. The van der Waals surface area contributed by atoms with E-state index in [1.807, 2.05) is 45.0 Å². The third-order valence-electron chi connectivity index (χ3n) is 2.60. The molecule has 0 aromatic carbocycles. The molecule has 0 saturated carbocycles. The molecule has 2 heterocycles. The molecule has 8 heteroatoms. The van der Waals surface area contributed by atoms with Gasteiger partial charge in [-0.2, -0.15) is 0 Å². The fraction of sp³-hybridized carbons (Fsp3) is 0.421. The Labute approximate surface area is 179 Å². The topological polar surface area (TPSA) is 90.1 Å². The van der Waals surface area contributed by atoms with Crippen LogP contribution in [0.2, 0.25) is 0 Å². The number of nitrogens with zero attached hydrogens (tertiary/aromatic N) is 2. The highest BCUT2D eigenvalue weighted by atomic mass is 79.9. The molecule has 1 amide bonds. The van der Waals surface area contributed by atoms with Gasteiger partial charge in [-0.15, -0.1) is 0 Å². The van der Waals surface area contributed by atoms with Gasteiger partial charge in [0.2, 0.25) is 0 Å². The monoisotopic (exact) mass is 504 g/mol. The van der Waals surface area contributed by atoms with Crippen LogP contribution in [-0.2, 0) is 17.8 Å². The number of carbonyl (C=O) groups is 1. The average Bonchev–Trinajstić information content (AvgIpc) is 2.54. The van der Waals surface area contributed by atoms with E-state index in [4.69, 9.17) is 10.5 Å². The second kappa shape index (κ2) is 13.6. The van der Waals surface area contributed by atoms with Crippen LogP contribution in [0.5, 0.6) is 0 Å². The fourth-order valence-corrected chi connectivity index (χ4v) is 1.98. The van der Waals surface area contributed by atoms with Gasteiger partial charge in [-0.1, -0.05) is 14.9 Å². The number of rotatable bonds is 3. The fourth-order valence-electron chi connectivity index (χ4n) is 1.52. The quantitative estimate of drug-likeness (QED) is 0.579. The minimum atomic E-state index is -0.475. The molecular formula is C19H30Br2N4O2. The summed E-state index contributed by atoms with van der Waals surface area (Å²) in [5.41, 5.74) is 6.55. The average molecular weight is 506 g/mol. The van der Waals surface area contributed by atoms with Crippen molar-refractivity contribution in [1.29, 1.82) is 0 Å². The summed E-state index contributed by atoms with van der Waals surface area (Å²) in [4.78, 5) is 19.5. The predicted octanol–water partition coefficient (Wildman–Crippen LogP) is 5.44. The molecule has 0 atom stereocenters. The molecule has 0 saturated heterocycles. The first kappa shape index (κ1) is 27.7. The van der Waals surface area contributed by atoms with E-state index in [1.54, 1.807) is 12.4 Å². The number of carbonyl (C=O) groups excluding carboxylic acids is 1. The van der Waals surface area contributed by atoms with E-state index in [0.717, 1.165) is 20.3 Å². The largest absolute Gasteiger partial charge is 0.444 e. The summed E-state index contributed by atoms with van der Waals surface area (Å²) in [5, 5.41) is 2.64. The van der Waals surface area contributed by atoms with Gasteiger partial charge in [-0.3, -0.25) is 9.97 Å². The van der Waals surface area contributed by atoms with E-state index in [1.165, 1.54) is 0 Å². The van der Waals surface area contributed by atoms with E-state index in [9.17, 15) is 4.79 Å². The lowest BCUT2D eigenvalue weighted by Crippen LogP contribution is -2.32. The van der Waals surface area contributed by atoms with E-state index in [-0.39, 0.29) is 14.9 Å². The summed E-state index contributed by atoms with van der Waals surface area (Å²) in [5.74, 6) is 0. The van der Waals surface area contributed by atoms with Gasteiger partial charge < -0.3 is 15.8 Å². The summed E-state index contributed by atoms with van der Waals surface area (Å²) < 4.78 is 6.99. The summed E-state index contributed by atoms with van der Waals surface area (Å²) in [7, 11) is 0. The first-order valence-electron chi connectivity index (χ1n) is 7.57. The Morgan fingerprint density at radius 3 is 1.89 bits per heavy atom. The Bertz CT molecular complexity index is 657. The maximum atomic E-state index is 11.3. The molecule has 0 aliphatic heterocycles. The van der Waals surface area contributed by atoms with Crippen LogP contribution in [-0.4, -0.2) is 21.7 Å². The van der Waals surface area contributed by atoms with Crippen LogP contribution >= 0.6 is 31.9 Å². The second-order valence-electron chi connectivity index (χ2n) is 6.00. The van der Waals surface area contributed by atoms with Crippen molar-refractivity contribution in [1.82, 2.24) is 15.3 Å². The van der Waals surface area contributed by atoms with Gasteiger partial charge in [-0.25, -0.2) is 4.79 Å². The van der Waals surface area contributed by atoms with Crippen molar-refractivity contribution in [3.63, 3.8) is 0 Å². The summed E-state index contributed by atoms with van der Waals surface area (Å²) in [6, 6.07) is 7.53. The van der Waals surface area contributed by atoms with Gasteiger partial charge in [-0.05, 0) is 76.9 Å². The highest BCUT2D eigenvalue weighted by molar-refractivity contribution is 9.10. The van der Waals surface area contributed by atoms with Gasteiger partial charge in [0.25, 0.3) is 0 Å². The summed E-state index contributed by atoms with van der Waals surface area (Å²) in [6.07, 6.45) is 2.99. The third kappa shape index (κ3) is 13.3. The highest BCUT2D eigenvalue weighted by Crippen LogP contribution is 2.09. The lowest BCUT2D eigenvalue weighted by molar-refractivity contribution is 0.0523. The van der Waals surface area contributed by atoms with Crippen molar-refractivity contribution in [3.05, 3.63) is 57.0 Å². The number of ether oxygens (including phenoxy) is 1. The Hall–Kier alpha value is -1.51. The zero-order chi connectivity index (χ0) is 18.9. The Kier molecular flexibility index (Phi) is 14.0. The first-order valence-corrected chi connectivity index (χ1v) is 9.16. The Balaban J connectivity index is 0. The van der Waals surface area contributed by atoms with Gasteiger partial charge in [0.1, 0.15) is 5.60 Å². The van der Waals surface area contributed by atoms with Crippen molar-refractivity contribution in [2.45, 2.75) is 54.3 Å². The lowest BCUT2D eigenvalue weighted by Gasteiger charge is -2.19. The molecule has 0 bridgehead atoms. The molecule has 0 radical (unpaired) electrons. The van der Waals surface area contributed by atoms with Gasteiger partial charge in [0.05, 0.1) is 17.9 Å². The molecule has 152 valence electrons. The molecule has 3 N–H and O–H groups in total. The van der Waals surface area contributed by atoms with Crippen molar-refractivity contribution in [2.75, 3.05) is 0 Å². The number of halogens is 2. The molecule has 2 aromatic heterocycles. The molecular weight excluding hydrogens is 476 g/mol. The summed E-state index contributed by atoms with van der Waals surface area (Å²) in [6.45, 7) is 6.34. The van der Waals surface area contributed by atoms with E-state index >= 15 is 0 Å². The smallest absolute Gasteiger partial charge is 0.407 e. The number of pyridine rings is 2. The SMILES string of the molecule is C.C.CC(C)(C)OC(=O)NCc1ccc(Br)cn1.NCc1ccc(Br)cn1. The number of amides is 1. The molecule has 0 aliphatic carbocycles. The maximum absolute atomic E-state index is 11.3. The minimum absolute atomic E-state index is 0. The highest BCUT2D eigenvalue weighted by Gasteiger charge is 2.15. The van der Waals surface area contributed by atoms with Crippen LogP contribution in [0, 0.1) is 0 Å². The zero-order valence-electron chi connectivity index (χ0n) is 14.4. The van der Waals surface area contributed by atoms with Crippen LogP contribution in [0.3, 0.4) is 0 Å². The zero-order valence-corrected chi connectivity index (χ0v) is 17.6. The van der Waals surface area contributed by atoms with Gasteiger partial charge in [0, 0.05) is 27.9 Å².